The molecule has 3 heterocycles. The minimum absolute atomic E-state index is 0.0645. The van der Waals surface area contributed by atoms with Gasteiger partial charge < -0.3 is 9.42 Å². The summed E-state index contributed by atoms with van der Waals surface area (Å²) >= 11 is 0. The average molecular weight is 321 g/mol. The van der Waals surface area contributed by atoms with Gasteiger partial charge in [0.2, 0.25) is 5.91 Å². The van der Waals surface area contributed by atoms with E-state index in [4.69, 9.17) is 4.52 Å². The number of anilines is 1. The zero-order chi connectivity index (χ0) is 16.5. The molecule has 0 saturated carbocycles. The number of hydrogen-bond donors (Lipinski definition) is 0. The summed E-state index contributed by atoms with van der Waals surface area (Å²) in [5, 5.41) is 4.02. The lowest BCUT2D eigenvalue weighted by Gasteiger charge is -2.16. The molecule has 3 aromatic rings. The third kappa shape index (κ3) is 2.64. The van der Waals surface area contributed by atoms with Crippen LogP contribution >= 0.6 is 0 Å². The van der Waals surface area contributed by atoms with Crippen LogP contribution in [0.4, 0.5) is 5.69 Å². The maximum absolute atomic E-state index is 12.3. The Kier molecular flexibility index (Phi) is 3.53. The quantitative estimate of drug-likeness (QED) is 0.736. The molecule has 7 nitrogen and oxygen atoms in total. The SMILES string of the molecule is Cc1ccc(N2CC(c3noc(-c4cnccn4)n3)CC2=O)cc1. The maximum atomic E-state index is 12.3. The molecule has 0 aliphatic carbocycles. The van der Waals surface area contributed by atoms with Gasteiger partial charge in [0.05, 0.1) is 6.20 Å². The van der Waals surface area contributed by atoms with Crippen LogP contribution in [0.25, 0.3) is 11.6 Å². The van der Waals surface area contributed by atoms with E-state index in [0.29, 0.717) is 30.4 Å². The molecular formula is C17H15N5O2. The Morgan fingerprint density at radius 2 is 2.04 bits per heavy atom. The van der Waals surface area contributed by atoms with Gasteiger partial charge in [0.15, 0.2) is 5.82 Å². The normalized spacial score (nSPS) is 17.5. The van der Waals surface area contributed by atoms with Gasteiger partial charge in [-0.25, -0.2) is 4.98 Å². The molecule has 1 aromatic carbocycles. The van der Waals surface area contributed by atoms with E-state index in [1.54, 1.807) is 23.5 Å². The molecule has 1 amide bonds. The van der Waals surface area contributed by atoms with Crippen molar-refractivity contribution in [3.8, 4) is 11.6 Å². The Morgan fingerprint density at radius 1 is 1.21 bits per heavy atom. The van der Waals surface area contributed by atoms with Crippen molar-refractivity contribution in [2.24, 2.45) is 0 Å². The van der Waals surface area contributed by atoms with Crippen LogP contribution in [0.15, 0.2) is 47.4 Å². The van der Waals surface area contributed by atoms with Gasteiger partial charge in [-0.2, -0.15) is 4.98 Å². The van der Waals surface area contributed by atoms with Crippen LogP contribution in [0.2, 0.25) is 0 Å². The lowest BCUT2D eigenvalue weighted by molar-refractivity contribution is -0.117. The first-order chi connectivity index (χ1) is 11.7. The first-order valence-electron chi connectivity index (χ1n) is 7.68. The molecule has 24 heavy (non-hydrogen) atoms. The first kappa shape index (κ1) is 14.5. The molecular weight excluding hydrogens is 306 g/mol. The second kappa shape index (κ2) is 5.84. The molecule has 1 aliphatic heterocycles. The Labute approximate surface area is 138 Å². The predicted octanol–water partition coefficient (Wildman–Crippen LogP) is 2.36. The van der Waals surface area contributed by atoms with Crippen LogP contribution in [0.1, 0.15) is 23.7 Å². The van der Waals surface area contributed by atoms with Gasteiger partial charge in [0.1, 0.15) is 5.69 Å². The highest BCUT2D eigenvalue weighted by molar-refractivity contribution is 5.96. The van der Waals surface area contributed by atoms with Crippen LogP contribution in [-0.2, 0) is 4.79 Å². The number of aromatic nitrogens is 4. The van der Waals surface area contributed by atoms with Crippen molar-refractivity contribution < 1.29 is 9.32 Å². The van der Waals surface area contributed by atoms with E-state index in [2.05, 4.69) is 20.1 Å². The molecule has 2 aromatic heterocycles. The summed E-state index contributed by atoms with van der Waals surface area (Å²) in [6.07, 6.45) is 5.08. The van der Waals surface area contributed by atoms with Crippen LogP contribution in [-0.4, -0.2) is 32.6 Å². The topological polar surface area (TPSA) is 85.0 Å². The molecule has 0 N–H and O–H groups in total. The number of aryl methyl sites for hydroxylation is 1. The standard InChI is InChI=1S/C17H15N5O2/c1-11-2-4-13(5-3-11)22-10-12(8-15(22)23)16-20-17(24-21-16)14-9-18-6-7-19-14/h2-7,9,12H,8,10H2,1H3. The highest BCUT2D eigenvalue weighted by Gasteiger charge is 2.34. The van der Waals surface area contributed by atoms with Crippen LogP contribution < -0.4 is 4.90 Å². The Balaban J connectivity index is 1.55. The second-order valence-corrected chi connectivity index (χ2v) is 5.79. The number of carbonyl (C=O) groups is 1. The zero-order valence-corrected chi connectivity index (χ0v) is 13.1. The van der Waals surface area contributed by atoms with Crippen LogP contribution in [0, 0.1) is 6.92 Å². The summed E-state index contributed by atoms with van der Waals surface area (Å²) in [6.45, 7) is 2.56. The second-order valence-electron chi connectivity index (χ2n) is 5.79. The van der Waals surface area contributed by atoms with Crippen molar-refractivity contribution in [2.45, 2.75) is 19.3 Å². The van der Waals surface area contributed by atoms with Gasteiger partial charge >= 0.3 is 0 Å². The van der Waals surface area contributed by atoms with E-state index in [-0.39, 0.29) is 11.8 Å². The summed E-state index contributed by atoms with van der Waals surface area (Å²) in [5.74, 6) is 0.820. The molecule has 7 heteroatoms. The smallest absolute Gasteiger partial charge is 0.278 e. The number of carbonyl (C=O) groups excluding carboxylic acids is 1. The van der Waals surface area contributed by atoms with Gasteiger partial charge in [-0.05, 0) is 19.1 Å². The lowest BCUT2D eigenvalue weighted by Crippen LogP contribution is -2.24. The number of nitrogens with zero attached hydrogens (tertiary/aromatic N) is 5. The highest BCUT2D eigenvalue weighted by atomic mass is 16.5. The third-order valence-electron chi connectivity index (χ3n) is 4.06. The van der Waals surface area contributed by atoms with Crippen molar-refractivity contribution in [1.29, 1.82) is 0 Å². The average Bonchev–Trinajstić information content (AvgIpc) is 3.23. The number of hydrogen-bond acceptors (Lipinski definition) is 6. The van der Waals surface area contributed by atoms with E-state index in [1.807, 2.05) is 31.2 Å². The number of rotatable bonds is 3. The zero-order valence-electron chi connectivity index (χ0n) is 13.1. The third-order valence-corrected chi connectivity index (χ3v) is 4.06. The van der Waals surface area contributed by atoms with E-state index >= 15 is 0 Å². The van der Waals surface area contributed by atoms with Crippen molar-refractivity contribution >= 4 is 11.6 Å². The Morgan fingerprint density at radius 3 is 2.79 bits per heavy atom. The van der Waals surface area contributed by atoms with Gasteiger partial charge in [0.25, 0.3) is 5.89 Å². The fourth-order valence-electron chi connectivity index (χ4n) is 2.77. The molecule has 0 radical (unpaired) electrons. The fourth-order valence-corrected chi connectivity index (χ4v) is 2.77. The number of amides is 1. The predicted molar refractivity (Wildman–Crippen MR) is 86.2 cm³/mol. The van der Waals surface area contributed by atoms with Gasteiger partial charge in [0, 0.05) is 37.0 Å². The first-order valence-corrected chi connectivity index (χ1v) is 7.68. The largest absolute Gasteiger partial charge is 0.332 e. The van der Waals surface area contributed by atoms with Crippen molar-refractivity contribution in [3.63, 3.8) is 0 Å². The summed E-state index contributed by atoms with van der Waals surface area (Å²) in [5.41, 5.74) is 2.58. The number of benzene rings is 1. The molecule has 1 aliphatic rings. The highest BCUT2D eigenvalue weighted by Crippen LogP contribution is 2.31. The van der Waals surface area contributed by atoms with E-state index in [1.165, 1.54) is 0 Å². The summed E-state index contributed by atoms with van der Waals surface area (Å²) in [7, 11) is 0. The minimum Gasteiger partial charge on any atom is -0.332 e. The van der Waals surface area contributed by atoms with E-state index in [9.17, 15) is 4.79 Å². The molecule has 4 rings (SSSR count). The van der Waals surface area contributed by atoms with Crippen molar-refractivity contribution in [2.75, 3.05) is 11.4 Å². The van der Waals surface area contributed by atoms with Crippen LogP contribution in [0.5, 0.6) is 0 Å². The van der Waals surface area contributed by atoms with Crippen molar-refractivity contribution in [3.05, 3.63) is 54.2 Å². The molecule has 0 bridgehead atoms. The molecule has 120 valence electrons. The Hall–Kier alpha value is -3.09. The summed E-state index contributed by atoms with van der Waals surface area (Å²) in [4.78, 5) is 26.6. The van der Waals surface area contributed by atoms with Gasteiger partial charge in [-0.15, -0.1) is 0 Å². The fraction of sp³-hybridized carbons (Fsp3) is 0.235. The molecule has 1 atom stereocenters. The summed E-state index contributed by atoms with van der Waals surface area (Å²) < 4.78 is 5.26. The van der Waals surface area contributed by atoms with Crippen LogP contribution in [0.3, 0.4) is 0 Å². The maximum Gasteiger partial charge on any atom is 0.278 e. The monoisotopic (exact) mass is 321 g/mol. The van der Waals surface area contributed by atoms with Gasteiger partial charge in [-0.1, -0.05) is 22.9 Å². The van der Waals surface area contributed by atoms with E-state index in [0.717, 1.165) is 11.3 Å². The summed E-state index contributed by atoms with van der Waals surface area (Å²) in [6, 6.07) is 7.90. The van der Waals surface area contributed by atoms with E-state index < -0.39 is 0 Å². The molecule has 1 saturated heterocycles. The molecule has 1 unspecified atom stereocenters. The Bertz CT molecular complexity index is 860. The van der Waals surface area contributed by atoms with Gasteiger partial charge in [-0.3, -0.25) is 9.78 Å². The van der Waals surface area contributed by atoms with Crippen molar-refractivity contribution in [1.82, 2.24) is 20.1 Å². The molecule has 0 spiro atoms. The minimum atomic E-state index is -0.0898. The lowest BCUT2D eigenvalue weighted by atomic mass is 10.1. The molecule has 1 fully saturated rings.